The largest absolute Gasteiger partial charge is 0.371 e. The summed E-state index contributed by atoms with van der Waals surface area (Å²) in [5, 5.41) is 3.05. The molecule has 1 rings (SSSR count). The highest BCUT2D eigenvalue weighted by Crippen LogP contribution is 2.04. The van der Waals surface area contributed by atoms with Gasteiger partial charge in [-0.05, 0) is 13.8 Å². The lowest BCUT2D eigenvalue weighted by molar-refractivity contribution is -0.130. The second-order valence-corrected chi connectivity index (χ2v) is 3.18. The molecule has 1 saturated heterocycles. The van der Waals surface area contributed by atoms with Crippen molar-refractivity contribution in [3.05, 3.63) is 0 Å². The van der Waals surface area contributed by atoms with Gasteiger partial charge in [-0.15, -0.1) is 0 Å². The van der Waals surface area contributed by atoms with Crippen molar-refractivity contribution < 1.29 is 9.53 Å². The lowest BCUT2D eigenvalue weighted by Gasteiger charge is -2.25. The molecule has 0 atom stereocenters. The average Bonchev–Trinajstić information content (AvgIpc) is 1.79. The van der Waals surface area contributed by atoms with Crippen LogP contribution in [0.5, 0.6) is 0 Å². The molecular formula is C8H15NO2. The third-order valence-electron chi connectivity index (χ3n) is 1.80. The molecular weight excluding hydrogens is 142 g/mol. The zero-order valence-corrected chi connectivity index (χ0v) is 7.09. The molecule has 1 heterocycles. The number of rotatable bonds is 4. The maximum absolute atomic E-state index is 11.2. The number of ether oxygens (including phenoxy) is 1. The fourth-order valence-electron chi connectivity index (χ4n) is 0.883. The SMILES string of the molecule is CC(C)OCC(=O)C1CNC1. The maximum atomic E-state index is 11.2. The minimum absolute atomic E-state index is 0.159. The van der Waals surface area contributed by atoms with Gasteiger partial charge in [-0.25, -0.2) is 0 Å². The topological polar surface area (TPSA) is 38.3 Å². The van der Waals surface area contributed by atoms with E-state index in [0.717, 1.165) is 13.1 Å². The molecule has 0 spiro atoms. The molecule has 64 valence electrons. The van der Waals surface area contributed by atoms with Crippen molar-refractivity contribution in [3.63, 3.8) is 0 Å². The molecule has 0 aliphatic carbocycles. The summed E-state index contributed by atoms with van der Waals surface area (Å²) in [5.41, 5.74) is 0. The Morgan fingerprint density at radius 1 is 1.64 bits per heavy atom. The molecule has 3 heteroatoms. The summed E-state index contributed by atoms with van der Waals surface area (Å²) in [5.74, 6) is 0.450. The van der Waals surface area contributed by atoms with Crippen molar-refractivity contribution >= 4 is 5.78 Å². The molecule has 0 saturated carbocycles. The highest BCUT2D eigenvalue weighted by Gasteiger charge is 2.24. The van der Waals surface area contributed by atoms with Gasteiger partial charge in [0.2, 0.25) is 0 Å². The molecule has 11 heavy (non-hydrogen) atoms. The van der Waals surface area contributed by atoms with E-state index in [2.05, 4.69) is 5.32 Å². The first-order chi connectivity index (χ1) is 5.20. The Morgan fingerprint density at radius 3 is 2.64 bits per heavy atom. The van der Waals surface area contributed by atoms with Crippen molar-refractivity contribution in [1.29, 1.82) is 0 Å². The molecule has 0 aromatic heterocycles. The Hall–Kier alpha value is -0.410. The van der Waals surface area contributed by atoms with Gasteiger partial charge in [0, 0.05) is 19.0 Å². The van der Waals surface area contributed by atoms with Crippen LogP contribution in [0.25, 0.3) is 0 Å². The summed E-state index contributed by atoms with van der Waals surface area (Å²) in [6.07, 6.45) is 0.159. The zero-order chi connectivity index (χ0) is 8.27. The van der Waals surface area contributed by atoms with Gasteiger partial charge in [0.1, 0.15) is 6.61 Å². The van der Waals surface area contributed by atoms with Crippen LogP contribution >= 0.6 is 0 Å². The van der Waals surface area contributed by atoms with E-state index >= 15 is 0 Å². The second-order valence-electron chi connectivity index (χ2n) is 3.18. The minimum Gasteiger partial charge on any atom is -0.371 e. The predicted molar refractivity (Wildman–Crippen MR) is 42.5 cm³/mol. The predicted octanol–water partition coefficient (Wildman–Crippen LogP) is 0.200. The minimum atomic E-state index is 0.159. The van der Waals surface area contributed by atoms with Gasteiger partial charge in [0.15, 0.2) is 5.78 Å². The van der Waals surface area contributed by atoms with Crippen molar-refractivity contribution in [1.82, 2.24) is 5.32 Å². The summed E-state index contributed by atoms with van der Waals surface area (Å²) >= 11 is 0. The molecule has 0 aromatic rings. The van der Waals surface area contributed by atoms with Crippen LogP contribution in [0.15, 0.2) is 0 Å². The lowest BCUT2D eigenvalue weighted by atomic mass is 9.99. The smallest absolute Gasteiger partial charge is 0.164 e. The Morgan fingerprint density at radius 2 is 2.27 bits per heavy atom. The Balaban J connectivity index is 2.10. The van der Waals surface area contributed by atoms with E-state index in [9.17, 15) is 4.79 Å². The van der Waals surface area contributed by atoms with Gasteiger partial charge < -0.3 is 10.1 Å². The van der Waals surface area contributed by atoms with Gasteiger partial charge in [-0.2, -0.15) is 0 Å². The van der Waals surface area contributed by atoms with Crippen molar-refractivity contribution in [3.8, 4) is 0 Å². The molecule has 0 unspecified atom stereocenters. The molecule has 1 N–H and O–H groups in total. The first kappa shape index (κ1) is 8.68. The molecule has 0 amide bonds. The number of ketones is 1. The first-order valence-electron chi connectivity index (χ1n) is 4.05. The summed E-state index contributed by atoms with van der Waals surface area (Å²) in [4.78, 5) is 11.2. The summed E-state index contributed by atoms with van der Waals surface area (Å²) in [6, 6.07) is 0. The van der Waals surface area contributed by atoms with Crippen molar-refractivity contribution in [2.45, 2.75) is 20.0 Å². The van der Waals surface area contributed by atoms with E-state index in [0.29, 0.717) is 0 Å². The fraction of sp³-hybridized carbons (Fsp3) is 0.875. The van der Waals surface area contributed by atoms with Gasteiger partial charge in [0.25, 0.3) is 0 Å². The number of carbonyl (C=O) groups is 1. The Labute approximate surface area is 67.1 Å². The number of hydrogen-bond donors (Lipinski definition) is 1. The van der Waals surface area contributed by atoms with E-state index < -0.39 is 0 Å². The summed E-state index contributed by atoms with van der Waals surface area (Å²) < 4.78 is 5.18. The third-order valence-corrected chi connectivity index (χ3v) is 1.80. The molecule has 0 radical (unpaired) electrons. The van der Waals surface area contributed by atoms with Crippen LogP contribution in [0, 0.1) is 5.92 Å². The second kappa shape index (κ2) is 3.83. The van der Waals surface area contributed by atoms with Crippen LogP contribution in [0.3, 0.4) is 0 Å². The Kier molecular flexibility index (Phi) is 3.02. The summed E-state index contributed by atoms with van der Waals surface area (Å²) in [7, 11) is 0. The monoisotopic (exact) mass is 157 g/mol. The van der Waals surface area contributed by atoms with E-state index in [1.165, 1.54) is 0 Å². The highest BCUT2D eigenvalue weighted by molar-refractivity contribution is 5.83. The zero-order valence-electron chi connectivity index (χ0n) is 7.09. The van der Waals surface area contributed by atoms with Crippen molar-refractivity contribution in [2.75, 3.05) is 19.7 Å². The third kappa shape index (κ3) is 2.60. The normalized spacial score (nSPS) is 18.5. The number of nitrogens with one attached hydrogen (secondary N) is 1. The van der Waals surface area contributed by atoms with Crippen LogP contribution in [0.1, 0.15) is 13.8 Å². The first-order valence-corrected chi connectivity index (χ1v) is 4.05. The van der Waals surface area contributed by atoms with Gasteiger partial charge in [-0.1, -0.05) is 0 Å². The molecule has 0 bridgehead atoms. The Bertz CT molecular complexity index is 141. The van der Waals surface area contributed by atoms with Gasteiger partial charge in [0.05, 0.1) is 6.10 Å². The average molecular weight is 157 g/mol. The molecule has 1 fully saturated rings. The number of hydrogen-bond acceptors (Lipinski definition) is 3. The van der Waals surface area contributed by atoms with E-state index in [4.69, 9.17) is 4.74 Å². The molecule has 1 aliphatic heterocycles. The van der Waals surface area contributed by atoms with Crippen LogP contribution in [-0.2, 0) is 9.53 Å². The van der Waals surface area contributed by atoms with Crippen LogP contribution in [0.4, 0.5) is 0 Å². The summed E-state index contributed by atoms with van der Waals surface area (Å²) in [6.45, 7) is 5.82. The van der Waals surface area contributed by atoms with Gasteiger partial charge >= 0.3 is 0 Å². The van der Waals surface area contributed by atoms with E-state index in [1.807, 2.05) is 13.8 Å². The van der Waals surface area contributed by atoms with Crippen molar-refractivity contribution in [2.24, 2.45) is 5.92 Å². The van der Waals surface area contributed by atoms with E-state index in [1.54, 1.807) is 0 Å². The quantitative estimate of drug-likeness (QED) is 0.633. The van der Waals surface area contributed by atoms with E-state index in [-0.39, 0.29) is 24.4 Å². The van der Waals surface area contributed by atoms with Crippen LogP contribution in [-0.4, -0.2) is 31.6 Å². The van der Waals surface area contributed by atoms with Crippen LogP contribution in [0.2, 0.25) is 0 Å². The highest BCUT2D eigenvalue weighted by atomic mass is 16.5. The molecule has 1 aliphatic rings. The molecule has 0 aromatic carbocycles. The number of carbonyl (C=O) groups excluding carboxylic acids is 1. The fourth-order valence-corrected chi connectivity index (χ4v) is 0.883. The molecule has 3 nitrogen and oxygen atoms in total. The van der Waals surface area contributed by atoms with Crippen LogP contribution < -0.4 is 5.32 Å². The lowest BCUT2D eigenvalue weighted by Crippen LogP contribution is -2.47. The number of Topliss-reactive ketones (excluding diaryl/α,β-unsaturated/α-hetero) is 1. The van der Waals surface area contributed by atoms with Gasteiger partial charge in [-0.3, -0.25) is 4.79 Å². The maximum Gasteiger partial charge on any atom is 0.164 e. The standard InChI is InChI=1S/C8H15NO2/c1-6(2)11-5-8(10)7-3-9-4-7/h6-7,9H,3-5H2,1-2H3.